The van der Waals surface area contributed by atoms with Crippen LogP contribution in [-0.4, -0.2) is 90.1 Å². The molecule has 0 aromatic rings. The Labute approximate surface area is 288 Å². The zero-order valence-electron chi connectivity index (χ0n) is 30.5. The molecule has 5 amide bonds. The molecule has 2 aliphatic rings. The summed E-state index contributed by atoms with van der Waals surface area (Å²) in [6, 6.07) is -3.75. The highest BCUT2D eigenvalue weighted by molar-refractivity contribution is 7.92. The molecule has 13 heteroatoms. The molecule has 2 fully saturated rings. The van der Waals surface area contributed by atoms with Gasteiger partial charge in [-0.05, 0) is 71.1 Å². The van der Waals surface area contributed by atoms with Gasteiger partial charge in [0.2, 0.25) is 17.6 Å². The molecule has 2 saturated carbocycles. The Hall–Kier alpha value is -2.96. The normalized spacial score (nSPS) is 18.4. The van der Waals surface area contributed by atoms with Crippen LogP contribution in [0.25, 0.3) is 0 Å². The van der Waals surface area contributed by atoms with Crippen LogP contribution in [-0.2, 0) is 29.0 Å². The quantitative estimate of drug-likeness (QED) is 0.133. The zero-order valence-corrected chi connectivity index (χ0v) is 31.3. The molecule has 274 valence electrons. The van der Waals surface area contributed by atoms with Crippen LogP contribution < -0.4 is 21.3 Å². The summed E-state index contributed by atoms with van der Waals surface area (Å²) in [4.78, 5) is 68.4. The lowest BCUT2D eigenvalue weighted by Crippen LogP contribution is -2.64. The number of urea groups is 1. The Balaban J connectivity index is 2.28. The fourth-order valence-corrected chi connectivity index (χ4v) is 7.52. The minimum atomic E-state index is -3.56. The Morgan fingerprint density at radius 2 is 1.58 bits per heavy atom. The molecule has 3 atom stereocenters. The van der Waals surface area contributed by atoms with Crippen LogP contribution in [0.3, 0.4) is 0 Å². The average Bonchev–Trinajstić information content (AvgIpc) is 3.82. The van der Waals surface area contributed by atoms with Crippen molar-refractivity contribution in [2.45, 2.75) is 148 Å². The van der Waals surface area contributed by atoms with Gasteiger partial charge < -0.3 is 26.2 Å². The van der Waals surface area contributed by atoms with Gasteiger partial charge in [-0.15, -0.1) is 6.58 Å². The first-order valence-corrected chi connectivity index (χ1v) is 19.2. The van der Waals surface area contributed by atoms with Crippen molar-refractivity contribution in [3.05, 3.63) is 12.7 Å². The number of rotatable bonds is 17. The monoisotopic (exact) mass is 695 g/mol. The summed E-state index contributed by atoms with van der Waals surface area (Å²) in [6.07, 6.45) is 8.61. The fourth-order valence-electron chi connectivity index (χ4n) is 5.99. The maximum absolute atomic E-state index is 14.2. The van der Waals surface area contributed by atoms with Crippen molar-refractivity contribution < 1.29 is 32.4 Å². The second-order valence-corrected chi connectivity index (χ2v) is 18.5. The van der Waals surface area contributed by atoms with E-state index in [1.807, 2.05) is 6.92 Å². The smallest absolute Gasteiger partial charge is 0.315 e. The third-order valence-electron chi connectivity index (χ3n) is 9.40. The first-order valence-electron chi connectivity index (χ1n) is 17.5. The number of ketones is 1. The van der Waals surface area contributed by atoms with Crippen molar-refractivity contribution in [1.29, 1.82) is 0 Å². The van der Waals surface area contributed by atoms with Gasteiger partial charge in [-0.1, -0.05) is 65.9 Å². The fraction of sp³-hybridized carbons (Fsp3) is 0.800. The minimum absolute atomic E-state index is 0.116. The summed E-state index contributed by atoms with van der Waals surface area (Å²) in [5, 5.41) is 11.0. The molecule has 4 N–H and O–H groups in total. The van der Waals surface area contributed by atoms with Gasteiger partial charge in [-0.3, -0.25) is 19.2 Å². The van der Waals surface area contributed by atoms with Crippen LogP contribution in [0.15, 0.2) is 12.7 Å². The molecule has 0 saturated heterocycles. The molecule has 48 heavy (non-hydrogen) atoms. The lowest BCUT2D eigenvalue weighted by Gasteiger charge is -2.41. The van der Waals surface area contributed by atoms with E-state index in [2.05, 4.69) is 27.8 Å². The number of nitrogens with zero attached hydrogens (tertiary/aromatic N) is 1. The number of carbonyl (C=O) groups excluding carboxylic acids is 5. The molecular weight excluding hydrogens is 634 g/mol. The highest BCUT2D eigenvalue weighted by Crippen LogP contribution is 2.34. The second kappa shape index (κ2) is 17.1. The molecule has 0 radical (unpaired) electrons. The number of Topliss-reactive ketones (excluding diaryl/α,β-unsaturated/α-hetero) is 1. The van der Waals surface area contributed by atoms with Crippen molar-refractivity contribution in [2.24, 2.45) is 11.3 Å². The number of carbonyl (C=O) groups is 5. The van der Waals surface area contributed by atoms with E-state index in [9.17, 15) is 32.4 Å². The van der Waals surface area contributed by atoms with Crippen LogP contribution in [0.4, 0.5) is 4.79 Å². The summed E-state index contributed by atoms with van der Waals surface area (Å²) >= 11 is 0. The van der Waals surface area contributed by atoms with E-state index < -0.39 is 73.2 Å². The van der Waals surface area contributed by atoms with E-state index in [0.29, 0.717) is 38.0 Å². The third kappa shape index (κ3) is 11.9. The molecule has 0 unspecified atom stereocenters. The molecule has 2 aliphatic carbocycles. The Morgan fingerprint density at radius 1 is 0.979 bits per heavy atom. The van der Waals surface area contributed by atoms with Crippen LogP contribution in [0.5, 0.6) is 0 Å². The van der Waals surface area contributed by atoms with Gasteiger partial charge in [0.25, 0.3) is 5.91 Å². The lowest BCUT2D eigenvalue weighted by molar-refractivity contribution is -0.145. The minimum Gasteiger partial charge on any atom is -0.346 e. The number of amides is 5. The highest BCUT2D eigenvalue weighted by atomic mass is 32.2. The number of sulfone groups is 1. The van der Waals surface area contributed by atoms with E-state index in [1.54, 1.807) is 48.5 Å². The van der Waals surface area contributed by atoms with E-state index in [-0.39, 0.29) is 18.8 Å². The topological polar surface area (TPSA) is 171 Å². The van der Waals surface area contributed by atoms with Crippen molar-refractivity contribution >= 4 is 39.4 Å². The summed E-state index contributed by atoms with van der Waals surface area (Å²) in [5.41, 5.74) is -1.74. The van der Waals surface area contributed by atoms with Gasteiger partial charge in [0, 0.05) is 13.1 Å². The number of hydrogen-bond acceptors (Lipinski definition) is 7. The van der Waals surface area contributed by atoms with Gasteiger partial charge in [0.05, 0.1) is 22.1 Å². The maximum Gasteiger partial charge on any atom is 0.315 e. The first-order chi connectivity index (χ1) is 22.2. The van der Waals surface area contributed by atoms with Crippen molar-refractivity contribution in [2.75, 3.05) is 18.8 Å². The summed E-state index contributed by atoms with van der Waals surface area (Å²) in [7, 11) is -3.56. The lowest BCUT2D eigenvalue weighted by atomic mass is 9.83. The molecule has 0 heterocycles. The van der Waals surface area contributed by atoms with Gasteiger partial charge in [0.15, 0.2) is 9.84 Å². The van der Waals surface area contributed by atoms with Crippen LogP contribution in [0, 0.1) is 11.3 Å². The van der Waals surface area contributed by atoms with E-state index in [1.165, 1.54) is 11.0 Å². The molecule has 0 aromatic carbocycles. The van der Waals surface area contributed by atoms with Gasteiger partial charge >= 0.3 is 6.03 Å². The van der Waals surface area contributed by atoms with E-state index >= 15 is 0 Å². The molecule has 2 rings (SSSR count). The van der Waals surface area contributed by atoms with Gasteiger partial charge in [-0.2, -0.15) is 0 Å². The van der Waals surface area contributed by atoms with Crippen LogP contribution >= 0.6 is 0 Å². The molecule has 0 aromatic heterocycles. The third-order valence-corrected chi connectivity index (χ3v) is 12.2. The standard InChI is InChI=1S/C35H61N5O7S/c1-10-21-36-30(43)27(41)26(18-17-25-15-16-25)37-29(42)24(3)40(22-11-2)31(44)28(33(4,5)6)38-32(45)39-35(19-13-12-14-20-35)23-48(46,47)34(7,8)9/h10,24-26,28H,1,11-23H2,2-9H3,(H,36,43)(H,37,42)(H2,38,39,45)/t24-,26-,28+/m0/s1. The molecular formula is C35H61N5O7S. The highest BCUT2D eigenvalue weighted by Gasteiger charge is 2.44. The predicted molar refractivity (Wildman–Crippen MR) is 188 cm³/mol. The van der Waals surface area contributed by atoms with Crippen LogP contribution in [0.1, 0.15) is 120 Å². The van der Waals surface area contributed by atoms with Gasteiger partial charge in [-0.25, -0.2) is 13.2 Å². The van der Waals surface area contributed by atoms with E-state index in [0.717, 1.165) is 32.1 Å². The molecule has 0 spiro atoms. The SMILES string of the molecule is C=CCNC(=O)C(=O)[C@H](CCC1CC1)NC(=O)[C@H](C)N(CCC)C(=O)[C@@H](NC(=O)NC1(CS(=O)(=O)C(C)(C)C)CCCCC1)C(C)(C)C. The molecule has 0 aliphatic heterocycles. The number of hydrogen-bond donors (Lipinski definition) is 4. The number of nitrogens with one attached hydrogen (secondary N) is 4. The second-order valence-electron chi connectivity index (χ2n) is 15.8. The van der Waals surface area contributed by atoms with Crippen molar-refractivity contribution in [3.8, 4) is 0 Å². The predicted octanol–water partition coefficient (Wildman–Crippen LogP) is 3.79. The van der Waals surface area contributed by atoms with Gasteiger partial charge in [0.1, 0.15) is 12.1 Å². The van der Waals surface area contributed by atoms with Crippen molar-refractivity contribution in [3.63, 3.8) is 0 Å². The van der Waals surface area contributed by atoms with Crippen LogP contribution in [0.2, 0.25) is 0 Å². The van der Waals surface area contributed by atoms with Crippen molar-refractivity contribution in [1.82, 2.24) is 26.2 Å². The largest absolute Gasteiger partial charge is 0.346 e. The molecule has 0 bridgehead atoms. The first kappa shape index (κ1) is 41.2. The Morgan fingerprint density at radius 3 is 2.08 bits per heavy atom. The zero-order chi connectivity index (χ0) is 36.5. The Bertz CT molecular complexity index is 1270. The Kier molecular flexibility index (Phi) is 14.7. The maximum atomic E-state index is 14.2. The average molecular weight is 696 g/mol. The summed E-state index contributed by atoms with van der Waals surface area (Å²) in [6.45, 7) is 17.7. The summed E-state index contributed by atoms with van der Waals surface area (Å²) in [5.74, 6) is -2.34. The molecule has 12 nitrogen and oxygen atoms in total. The van der Waals surface area contributed by atoms with E-state index in [4.69, 9.17) is 0 Å². The summed E-state index contributed by atoms with van der Waals surface area (Å²) < 4.78 is 25.5.